The maximum absolute atomic E-state index is 9.52. The lowest BCUT2D eigenvalue weighted by Crippen LogP contribution is -2.43. The Hall–Kier alpha value is -1.65. The predicted molar refractivity (Wildman–Crippen MR) is 71.6 cm³/mol. The molecule has 0 bridgehead atoms. The number of pyridine rings is 1. The maximum atomic E-state index is 9.52. The van der Waals surface area contributed by atoms with Gasteiger partial charge in [0.05, 0.1) is 5.52 Å². The van der Waals surface area contributed by atoms with Gasteiger partial charge in [0.1, 0.15) is 5.75 Å². The van der Waals surface area contributed by atoms with Crippen LogP contribution in [0, 0.1) is 0 Å². The van der Waals surface area contributed by atoms with E-state index in [1.165, 1.54) is 5.56 Å². The summed E-state index contributed by atoms with van der Waals surface area (Å²) in [7, 11) is 2.13. The van der Waals surface area contributed by atoms with Gasteiger partial charge in [-0.15, -0.1) is 0 Å². The van der Waals surface area contributed by atoms with Gasteiger partial charge < -0.3 is 15.3 Å². The van der Waals surface area contributed by atoms with Crippen molar-refractivity contribution in [1.29, 1.82) is 0 Å². The van der Waals surface area contributed by atoms with E-state index in [2.05, 4.69) is 28.3 Å². The summed E-state index contributed by atoms with van der Waals surface area (Å²) in [6.07, 6.45) is 1.93. The summed E-state index contributed by atoms with van der Waals surface area (Å²) >= 11 is 0. The molecule has 2 aromatic rings. The number of phenolic OH excluding ortho intramolecular Hbond substituents is 1. The molecule has 94 valence electrons. The standard InChI is InChI=1S/C14H17N3O/c1-17-5-4-15-14(9-17)11-6-10-7-12(18)2-3-13(10)16-8-11/h2-3,6-8,14-15,18H,4-5,9H2,1H3. The number of piperazine rings is 1. The first-order valence-corrected chi connectivity index (χ1v) is 6.23. The molecule has 0 saturated carbocycles. The molecular formula is C14H17N3O. The smallest absolute Gasteiger partial charge is 0.116 e. The van der Waals surface area contributed by atoms with Gasteiger partial charge in [0.2, 0.25) is 0 Å². The summed E-state index contributed by atoms with van der Waals surface area (Å²) in [4.78, 5) is 6.77. The fourth-order valence-electron chi connectivity index (χ4n) is 2.45. The summed E-state index contributed by atoms with van der Waals surface area (Å²) in [5.74, 6) is 0.287. The van der Waals surface area contributed by atoms with Crippen molar-refractivity contribution in [3.63, 3.8) is 0 Å². The maximum Gasteiger partial charge on any atom is 0.116 e. The first kappa shape index (κ1) is 11.4. The summed E-state index contributed by atoms with van der Waals surface area (Å²) < 4.78 is 0. The molecule has 2 heterocycles. The van der Waals surface area contributed by atoms with Crippen LogP contribution in [0.1, 0.15) is 11.6 Å². The Bertz CT molecular complexity index is 570. The molecule has 0 radical (unpaired) electrons. The van der Waals surface area contributed by atoms with Crippen LogP contribution in [-0.4, -0.2) is 41.7 Å². The molecule has 1 aromatic heterocycles. The summed E-state index contributed by atoms with van der Waals surface area (Å²) in [6, 6.07) is 7.70. The average Bonchev–Trinajstić information content (AvgIpc) is 2.38. The molecule has 3 rings (SSSR count). The first-order valence-electron chi connectivity index (χ1n) is 6.23. The molecule has 1 aliphatic heterocycles. The van der Waals surface area contributed by atoms with Crippen molar-refractivity contribution >= 4 is 10.9 Å². The first-order chi connectivity index (χ1) is 8.72. The van der Waals surface area contributed by atoms with Crippen LogP contribution in [-0.2, 0) is 0 Å². The Labute approximate surface area is 106 Å². The van der Waals surface area contributed by atoms with Gasteiger partial charge in [0.15, 0.2) is 0 Å². The van der Waals surface area contributed by atoms with Crippen LogP contribution in [0.4, 0.5) is 0 Å². The van der Waals surface area contributed by atoms with Crippen LogP contribution in [0.2, 0.25) is 0 Å². The van der Waals surface area contributed by atoms with Crippen LogP contribution >= 0.6 is 0 Å². The summed E-state index contributed by atoms with van der Waals surface area (Å²) in [6.45, 7) is 3.07. The topological polar surface area (TPSA) is 48.4 Å². The third kappa shape index (κ3) is 2.17. The van der Waals surface area contributed by atoms with E-state index in [4.69, 9.17) is 0 Å². The van der Waals surface area contributed by atoms with Crippen LogP contribution in [0.5, 0.6) is 5.75 Å². The second-order valence-electron chi connectivity index (χ2n) is 4.91. The average molecular weight is 243 g/mol. The lowest BCUT2D eigenvalue weighted by atomic mass is 10.0. The summed E-state index contributed by atoms with van der Waals surface area (Å²) in [5.41, 5.74) is 2.10. The lowest BCUT2D eigenvalue weighted by molar-refractivity contribution is 0.241. The highest BCUT2D eigenvalue weighted by Crippen LogP contribution is 2.23. The highest BCUT2D eigenvalue weighted by atomic mass is 16.3. The molecule has 0 spiro atoms. The lowest BCUT2D eigenvalue weighted by Gasteiger charge is -2.31. The Kier molecular flexibility index (Phi) is 2.89. The van der Waals surface area contributed by atoms with E-state index in [0.29, 0.717) is 6.04 Å². The Morgan fingerprint density at radius 2 is 2.28 bits per heavy atom. The second-order valence-corrected chi connectivity index (χ2v) is 4.91. The zero-order chi connectivity index (χ0) is 12.5. The molecule has 1 fully saturated rings. The Morgan fingerprint density at radius 1 is 1.39 bits per heavy atom. The van der Waals surface area contributed by atoms with Gasteiger partial charge in [-0.3, -0.25) is 4.98 Å². The van der Waals surface area contributed by atoms with Crippen LogP contribution in [0.15, 0.2) is 30.5 Å². The van der Waals surface area contributed by atoms with Gasteiger partial charge in [-0.1, -0.05) is 0 Å². The minimum absolute atomic E-state index is 0.287. The van der Waals surface area contributed by atoms with Gasteiger partial charge in [-0.25, -0.2) is 0 Å². The Morgan fingerprint density at radius 3 is 3.11 bits per heavy atom. The zero-order valence-electron chi connectivity index (χ0n) is 10.4. The van der Waals surface area contributed by atoms with Crippen molar-refractivity contribution < 1.29 is 5.11 Å². The number of benzene rings is 1. The molecule has 2 N–H and O–H groups in total. The van der Waals surface area contributed by atoms with Crippen LogP contribution in [0.25, 0.3) is 10.9 Å². The third-order valence-electron chi connectivity index (χ3n) is 3.47. The number of nitrogens with one attached hydrogen (secondary N) is 1. The van der Waals surface area contributed by atoms with Crippen molar-refractivity contribution in [2.75, 3.05) is 26.7 Å². The predicted octanol–water partition coefficient (Wildman–Crippen LogP) is 1.52. The van der Waals surface area contributed by atoms with Gasteiger partial charge in [-0.05, 0) is 36.9 Å². The quantitative estimate of drug-likeness (QED) is 0.797. The fraction of sp³-hybridized carbons (Fsp3) is 0.357. The molecule has 1 aliphatic rings. The van der Waals surface area contributed by atoms with E-state index in [1.54, 1.807) is 12.1 Å². The molecule has 1 unspecified atom stereocenters. The van der Waals surface area contributed by atoms with Gasteiger partial charge in [0.25, 0.3) is 0 Å². The molecule has 0 aliphatic carbocycles. The number of likely N-dealkylation sites (N-methyl/N-ethyl adjacent to an activating group) is 1. The number of aromatic hydroxyl groups is 1. The van der Waals surface area contributed by atoms with Crippen molar-refractivity contribution in [2.24, 2.45) is 0 Å². The van der Waals surface area contributed by atoms with Gasteiger partial charge in [-0.2, -0.15) is 0 Å². The monoisotopic (exact) mass is 243 g/mol. The Balaban J connectivity index is 1.96. The van der Waals surface area contributed by atoms with Crippen molar-refractivity contribution in [2.45, 2.75) is 6.04 Å². The SMILES string of the molecule is CN1CCNC(c2cnc3ccc(O)cc3c2)C1. The van der Waals surface area contributed by atoms with Crippen LogP contribution < -0.4 is 5.32 Å². The normalized spacial score (nSPS) is 21.3. The van der Waals surface area contributed by atoms with E-state index in [-0.39, 0.29) is 5.75 Å². The number of fused-ring (bicyclic) bond motifs is 1. The molecule has 18 heavy (non-hydrogen) atoms. The van der Waals surface area contributed by atoms with E-state index in [1.807, 2.05) is 12.3 Å². The zero-order valence-corrected chi connectivity index (χ0v) is 10.4. The van der Waals surface area contributed by atoms with E-state index >= 15 is 0 Å². The number of nitrogens with zero attached hydrogens (tertiary/aromatic N) is 2. The number of rotatable bonds is 1. The molecule has 1 aromatic carbocycles. The second kappa shape index (κ2) is 4.55. The van der Waals surface area contributed by atoms with E-state index in [0.717, 1.165) is 30.5 Å². The van der Waals surface area contributed by atoms with Crippen molar-refractivity contribution in [3.05, 3.63) is 36.0 Å². The van der Waals surface area contributed by atoms with E-state index < -0.39 is 0 Å². The van der Waals surface area contributed by atoms with Crippen molar-refractivity contribution in [1.82, 2.24) is 15.2 Å². The number of hydrogen-bond donors (Lipinski definition) is 2. The minimum Gasteiger partial charge on any atom is -0.508 e. The highest BCUT2D eigenvalue weighted by Gasteiger charge is 2.18. The number of aromatic nitrogens is 1. The fourth-order valence-corrected chi connectivity index (χ4v) is 2.45. The third-order valence-corrected chi connectivity index (χ3v) is 3.47. The largest absolute Gasteiger partial charge is 0.508 e. The highest BCUT2D eigenvalue weighted by molar-refractivity contribution is 5.80. The van der Waals surface area contributed by atoms with Crippen LogP contribution in [0.3, 0.4) is 0 Å². The minimum atomic E-state index is 0.287. The molecule has 0 amide bonds. The van der Waals surface area contributed by atoms with E-state index in [9.17, 15) is 5.11 Å². The molecule has 4 heteroatoms. The van der Waals surface area contributed by atoms with Crippen molar-refractivity contribution in [3.8, 4) is 5.75 Å². The molecule has 1 atom stereocenters. The van der Waals surface area contributed by atoms with Gasteiger partial charge in [0, 0.05) is 37.3 Å². The number of hydrogen-bond acceptors (Lipinski definition) is 4. The van der Waals surface area contributed by atoms with Gasteiger partial charge >= 0.3 is 0 Å². The molecular weight excluding hydrogens is 226 g/mol. The number of phenols is 1. The molecule has 4 nitrogen and oxygen atoms in total. The summed E-state index contributed by atoms with van der Waals surface area (Å²) in [5, 5.41) is 14.0. The molecule has 1 saturated heterocycles.